The number of aliphatic hydroxyl groups is 1. The van der Waals surface area contributed by atoms with Gasteiger partial charge in [-0.3, -0.25) is 4.79 Å². The normalized spacial score (nSPS) is 14.2. The average Bonchev–Trinajstić information content (AvgIpc) is 3.11. The summed E-state index contributed by atoms with van der Waals surface area (Å²) in [6.45, 7) is 3.40. The molecule has 1 aromatic heterocycles. The van der Waals surface area contributed by atoms with Gasteiger partial charge in [-0.25, -0.2) is 4.68 Å². The van der Waals surface area contributed by atoms with Crippen molar-refractivity contribution in [3.8, 4) is 5.88 Å². The highest BCUT2D eigenvalue weighted by atomic mass is 35.5. The van der Waals surface area contributed by atoms with Gasteiger partial charge in [-0.15, -0.1) is 0 Å². The lowest BCUT2D eigenvalue weighted by atomic mass is 10.1. The Balaban J connectivity index is 1.57. The predicted octanol–water partition coefficient (Wildman–Crippen LogP) is 2.09. The van der Waals surface area contributed by atoms with E-state index in [1.54, 1.807) is 16.8 Å². The topological polar surface area (TPSA) is 76.4 Å². The lowest BCUT2D eigenvalue weighted by Crippen LogP contribution is -2.27. The number of halogens is 1. The van der Waals surface area contributed by atoms with Crippen LogP contribution in [-0.2, 0) is 6.54 Å². The summed E-state index contributed by atoms with van der Waals surface area (Å²) in [6.07, 6.45) is -0.348. The van der Waals surface area contributed by atoms with Crippen LogP contribution >= 0.6 is 11.6 Å². The number of amides is 1. The van der Waals surface area contributed by atoms with Crippen LogP contribution in [0.3, 0.4) is 0 Å². The van der Waals surface area contributed by atoms with E-state index in [-0.39, 0.29) is 5.91 Å². The molecule has 1 amide bonds. The molecule has 0 radical (unpaired) electrons. The molecule has 0 bridgehead atoms. The number of fused-ring (bicyclic) bond motifs is 1. The summed E-state index contributed by atoms with van der Waals surface area (Å²) in [5.41, 5.74) is 1.77. The van der Waals surface area contributed by atoms with Gasteiger partial charge in [0, 0.05) is 17.1 Å². The maximum atomic E-state index is 12.2. The van der Waals surface area contributed by atoms with Gasteiger partial charge < -0.3 is 15.2 Å². The van der Waals surface area contributed by atoms with Gasteiger partial charge in [-0.2, -0.15) is 5.10 Å². The largest absolute Gasteiger partial charge is 0.476 e. The summed E-state index contributed by atoms with van der Waals surface area (Å²) in [7, 11) is 0. The Bertz CT molecular complexity index is 729. The highest BCUT2D eigenvalue weighted by molar-refractivity contribution is 6.31. The average molecular weight is 336 g/mol. The molecule has 0 spiro atoms. The van der Waals surface area contributed by atoms with Crippen LogP contribution in [0.15, 0.2) is 24.3 Å². The highest BCUT2D eigenvalue weighted by Gasteiger charge is 2.24. The molecule has 7 heteroatoms. The number of hydrogen-bond acceptors (Lipinski definition) is 4. The molecular weight excluding hydrogens is 318 g/mol. The minimum Gasteiger partial charge on any atom is -0.476 e. The monoisotopic (exact) mass is 335 g/mol. The summed E-state index contributed by atoms with van der Waals surface area (Å²) in [6, 6.07) is 7.13. The van der Waals surface area contributed by atoms with Crippen molar-refractivity contribution in [1.29, 1.82) is 0 Å². The van der Waals surface area contributed by atoms with Gasteiger partial charge in [0.2, 0.25) is 5.88 Å². The van der Waals surface area contributed by atoms with E-state index < -0.39 is 6.10 Å². The lowest BCUT2D eigenvalue weighted by Gasteiger charge is -2.13. The van der Waals surface area contributed by atoms with Crippen LogP contribution in [0.25, 0.3) is 0 Å². The summed E-state index contributed by atoms with van der Waals surface area (Å²) in [5.74, 6) is 0.394. The van der Waals surface area contributed by atoms with Crippen LogP contribution < -0.4 is 10.1 Å². The Labute approximate surface area is 139 Å². The van der Waals surface area contributed by atoms with Gasteiger partial charge in [0.15, 0.2) is 5.69 Å². The number of nitrogens with zero attached hydrogens (tertiary/aromatic N) is 2. The molecule has 1 aromatic carbocycles. The fraction of sp³-hybridized carbons (Fsp3) is 0.375. The second-order valence-electron chi connectivity index (χ2n) is 5.43. The molecule has 1 unspecified atom stereocenters. The fourth-order valence-electron chi connectivity index (χ4n) is 2.62. The summed E-state index contributed by atoms with van der Waals surface area (Å²) in [4.78, 5) is 12.2. The number of carbonyl (C=O) groups is 1. The third kappa shape index (κ3) is 3.18. The van der Waals surface area contributed by atoms with E-state index in [1.807, 2.05) is 19.1 Å². The minimum atomic E-state index is -0.722. The fourth-order valence-corrected chi connectivity index (χ4v) is 2.88. The molecule has 3 rings (SSSR count). The molecule has 23 heavy (non-hydrogen) atoms. The number of nitrogens with one attached hydrogen (secondary N) is 1. The van der Waals surface area contributed by atoms with E-state index >= 15 is 0 Å². The Hall–Kier alpha value is -2.05. The van der Waals surface area contributed by atoms with Crippen molar-refractivity contribution in [2.75, 3.05) is 13.2 Å². The molecule has 0 saturated heterocycles. The van der Waals surface area contributed by atoms with E-state index in [2.05, 4.69) is 10.4 Å². The van der Waals surface area contributed by atoms with Crippen LogP contribution in [0, 0.1) is 6.92 Å². The van der Waals surface area contributed by atoms with E-state index in [0.29, 0.717) is 48.3 Å². The van der Waals surface area contributed by atoms with E-state index in [4.69, 9.17) is 16.3 Å². The second-order valence-corrected chi connectivity index (χ2v) is 5.84. The smallest absolute Gasteiger partial charge is 0.272 e. The number of aliphatic hydroxyl groups excluding tert-OH is 1. The molecule has 1 aliphatic heterocycles. The molecule has 1 atom stereocenters. The Morgan fingerprint density at radius 3 is 3.04 bits per heavy atom. The molecule has 0 fully saturated rings. The van der Waals surface area contributed by atoms with Crippen LogP contribution in [-0.4, -0.2) is 33.9 Å². The zero-order chi connectivity index (χ0) is 16.4. The first-order chi connectivity index (χ1) is 11.1. The van der Waals surface area contributed by atoms with Crippen molar-refractivity contribution in [1.82, 2.24) is 15.1 Å². The van der Waals surface area contributed by atoms with Crippen LogP contribution in [0.2, 0.25) is 5.02 Å². The summed E-state index contributed by atoms with van der Waals surface area (Å²) in [5, 5.41) is 17.7. The maximum absolute atomic E-state index is 12.2. The zero-order valence-electron chi connectivity index (χ0n) is 12.8. The first-order valence-corrected chi connectivity index (χ1v) is 7.86. The number of aromatic nitrogens is 2. The van der Waals surface area contributed by atoms with Gasteiger partial charge in [0.05, 0.1) is 12.6 Å². The van der Waals surface area contributed by atoms with Crippen molar-refractivity contribution in [3.63, 3.8) is 0 Å². The van der Waals surface area contributed by atoms with Crippen LogP contribution in [0.1, 0.15) is 34.1 Å². The summed E-state index contributed by atoms with van der Waals surface area (Å²) < 4.78 is 7.14. The number of benzene rings is 1. The number of carbonyl (C=O) groups excluding carboxylic acids is 1. The first kappa shape index (κ1) is 15.8. The molecule has 0 saturated carbocycles. The van der Waals surface area contributed by atoms with Crippen molar-refractivity contribution in [2.24, 2.45) is 0 Å². The molecule has 122 valence electrons. The number of ether oxygens (including phenoxy) is 1. The van der Waals surface area contributed by atoms with Crippen molar-refractivity contribution >= 4 is 17.5 Å². The van der Waals surface area contributed by atoms with Crippen molar-refractivity contribution in [2.45, 2.75) is 26.0 Å². The van der Waals surface area contributed by atoms with Gasteiger partial charge in [0.1, 0.15) is 6.61 Å². The Kier molecular flexibility index (Phi) is 4.54. The first-order valence-electron chi connectivity index (χ1n) is 7.49. The van der Waals surface area contributed by atoms with Gasteiger partial charge in [-0.05, 0) is 25.0 Å². The molecule has 2 N–H and O–H groups in total. The minimum absolute atomic E-state index is 0.264. The lowest BCUT2D eigenvalue weighted by molar-refractivity contribution is 0.0936. The SMILES string of the molecule is Cc1c(C(=O)NCCC(O)c2ccccc2Cl)nn2c1OCC2. The molecule has 2 heterocycles. The van der Waals surface area contributed by atoms with E-state index in [0.717, 1.165) is 5.56 Å². The standard InChI is InChI=1S/C16H18ClN3O3/c1-10-14(19-20-8-9-23-16(10)20)15(22)18-7-6-13(21)11-4-2-3-5-12(11)17/h2-5,13,21H,6-9H2,1H3,(H,18,22). The third-order valence-corrected chi connectivity index (χ3v) is 4.20. The number of hydrogen-bond donors (Lipinski definition) is 2. The molecule has 0 aliphatic carbocycles. The Morgan fingerprint density at radius 2 is 2.30 bits per heavy atom. The van der Waals surface area contributed by atoms with Crippen molar-refractivity contribution < 1.29 is 14.6 Å². The van der Waals surface area contributed by atoms with Gasteiger partial charge in [0.25, 0.3) is 5.91 Å². The van der Waals surface area contributed by atoms with Crippen LogP contribution in [0.5, 0.6) is 5.88 Å². The molecule has 2 aromatic rings. The maximum Gasteiger partial charge on any atom is 0.272 e. The Morgan fingerprint density at radius 1 is 1.52 bits per heavy atom. The van der Waals surface area contributed by atoms with Gasteiger partial charge in [-0.1, -0.05) is 29.8 Å². The van der Waals surface area contributed by atoms with Gasteiger partial charge >= 0.3 is 0 Å². The predicted molar refractivity (Wildman–Crippen MR) is 85.8 cm³/mol. The highest BCUT2D eigenvalue weighted by Crippen LogP contribution is 2.26. The third-order valence-electron chi connectivity index (χ3n) is 3.86. The number of rotatable bonds is 5. The van der Waals surface area contributed by atoms with E-state index in [9.17, 15) is 9.90 Å². The quantitative estimate of drug-likeness (QED) is 0.877. The second kappa shape index (κ2) is 6.60. The molecule has 6 nitrogen and oxygen atoms in total. The van der Waals surface area contributed by atoms with E-state index in [1.165, 1.54) is 0 Å². The zero-order valence-corrected chi connectivity index (χ0v) is 13.5. The summed E-state index contributed by atoms with van der Waals surface area (Å²) >= 11 is 6.05. The molecular formula is C16H18ClN3O3. The molecule has 1 aliphatic rings. The van der Waals surface area contributed by atoms with Crippen molar-refractivity contribution in [3.05, 3.63) is 46.1 Å². The van der Waals surface area contributed by atoms with Crippen LogP contribution in [0.4, 0.5) is 0 Å².